The quantitative estimate of drug-likeness (QED) is 0.397. The third kappa shape index (κ3) is 5.62. The molecule has 0 spiro atoms. The lowest BCUT2D eigenvalue weighted by Gasteiger charge is -2.12. The van der Waals surface area contributed by atoms with Gasteiger partial charge in [0.15, 0.2) is 0 Å². The lowest BCUT2D eigenvalue weighted by molar-refractivity contribution is -0.113. The lowest BCUT2D eigenvalue weighted by Crippen LogP contribution is -2.17. The molecule has 2 aromatic carbocycles. The normalized spacial score (nSPS) is 10.9. The average molecular weight is 460 g/mol. The van der Waals surface area contributed by atoms with Gasteiger partial charge in [0.2, 0.25) is 5.91 Å². The molecule has 6 nitrogen and oxygen atoms in total. The minimum Gasteiger partial charge on any atom is -0.487 e. The van der Waals surface area contributed by atoms with Crippen LogP contribution >= 0.6 is 11.8 Å². The first-order valence-corrected chi connectivity index (χ1v) is 11.6. The van der Waals surface area contributed by atoms with Crippen LogP contribution in [0.3, 0.4) is 0 Å². The average Bonchev–Trinajstić information content (AvgIpc) is 2.80. The van der Waals surface area contributed by atoms with Crippen molar-refractivity contribution in [1.82, 2.24) is 9.38 Å². The molecule has 2 heterocycles. The first kappa shape index (κ1) is 22.6. The Bertz CT molecular complexity index is 1360. The molecule has 33 heavy (non-hydrogen) atoms. The maximum absolute atomic E-state index is 12.4. The van der Waals surface area contributed by atoms with Gasteiger partial charge in [-0.05, 0) is 56.2 Å². The van der Waals surface area contributed by atoms with E-state index in [1.807, 2.05) is 69.3 Å². The number of carbonyl (C=O) groups excluding carboxylic acids is 1. The number of rotatable bonds is 7. The van der Waals surface area contributed by atoms with Gasteiger partial charge in [-0.15, -0.1) is 11.8 Å². The fraction of sp³-hybridized carbons (Fsp3) is 0.192. The van der Waals surface area contributed by atoms with Gasteiger partial charge in [-0.3, -0.25) is 14.0 Å². The van der Waals surface area contributed by atoms with E-state index in [1.165, 1.54) is 27.8 Å². The Morgan fingerprint density at radius 3 is 2.61 bits per heavy atom. The summed E-state index contributed by atoms with van der Waals surface area (Å²) >= 11 is 1.49. The van der Waals surface area contributed by atoms with Crippen LogP contribution in [-0.4, -0.2) is 21.0 Å². The summed E-state index contributed by atoms with van der Waals surface area (Å²) in [7, 11) is 0. The molecule has 0 aliphatic carbocycles. The summed E-state index contributed by atoms with van der Waals surface area (Å²) in [5.41, 5.74) is 4.72. The minimum atomic E-state index is -0.147. The molecule has 168 valence electrons. The highest BCUT2D eigenvalue weighted by molar-refractivity contribution is 8.00. The highest BCUT2D eigenvalue weighted by Gasteiger charge is 2.09. The second kappa shape index (κ2) is 9.92. The van der Waals surface area contributed by atoms with Crippen LogP contribution in [-0.2, 0) is 11.4 Å². The van der Waals surface area contributed by atoms with Crippen molar-refractivity contribution >= 4 is 29.0 Å². The van der Waals surface area contributed by atoms with Gasteiger partial charge >= 0.3 is 0 Å². The number of anilines is 1. The molecule has 0 unspecified atom stereocenters. The highest BCUT2D eigenvalue weighted by atomic mass is 32.2. The van der Waals surface area contributed by atoms with Crippen LogP contribution < -0.4 is 15.6 Å². The van der Waals surface area contributed by atoms with Gasteiger partial charge < -0.3 is 10.1 Å². The Balaban J connectivity index is 1.41. The molecule has 0 fully saturated rings. The smallest absolute Gasteiger partial charge is 0.258 e. The molecule has 2 aromatic heterocycles. The number of hydrogen-bond acceptors (Lipinski definition) is 5. The molecule has 7 heteroatoms. The number of nitrogens with one attached hydrogen (secondary N) is 1. The van der Waals surface area contributed by atoms with Crippen LogP contribution in [0, 0.1) is 20.8 Å². The number of nitrogens with zero attached hydrogens (tertiary/aromatic N) is 2. The highest BCUT2D eigenvalue weighted by Crippen LogP contribution is 2.24. The fourth-order valence-electron chi connectivity index (χ4n) is 3.35. The topological polar surface area (TPSA) is 72.7 Å². The van der Waals surface area contributed by atoms with Crippen molar-refractivity contribution in [2.24, 2.45) is 0 Å². The molecule has 0 bridgehead atoms. The monoisotopic (exact) mass is 459 g/mol. The molecule has 4 rings (SSSR count). The van der Waals surface area contributed by atoms with Gasteiger partial charge in [-0.2, -0.15) is 0 Å². The zero-order valence-corrected chi connectivity index (χ0v) is 19.6. The minimum absolute atomic E-state index is 0.0879. The number of fused-ring (bicyclic) bond motifs is 1. The van der Waals surface area contributed by atoms with Crippen molar-refractivity contribution in [3.63, 3.8) is 0 Å². The largest absolute Gasteiger partial charge is 0.487 e. The van der Waals surface area contributed by atoms with Gasteiger partial charge in [0.05, 0.1) is 11.4 Å². The molecule has 0 radical (unpaired) electrons. The van der Waals surface area contributed by atoms with E-state index in [4.69, 9.17) is 4.74 Å². The van der Waals surface area contributed by atoms with E-state index in [-0.39, 0.29) is 18.1 Å². The molecule has 0 saturated carbocycles. The van der Waals surface area contributed by atoms with Crippen molar-refractivity contribution in [2.45, 2.75) is 32.3 Å². The fourth-order valence-corrected chi connectivity index (χ4v) is 4.05. The van der Waals surface area contributed by atoms with Crippen LogP contribution in [0.4, 0.5) is 5.69 Å². The Kier molecular flexibility index (Phi) is 6.79. The summed E-state index contributed by atoms with van der Waals surface area (Å²) < 4.78 is 7.48. The number of amides is 1. The van der Waals surface area contributed by atoms with Crippen molar-refractivity contribution < 1.29 is 9.53 Å². The van der Waals surface area contributed by atoms with E-state index < -0.39 is 0 Å². The molecule has 1 amide bonds. The molecule has 1 N–H and O–H groups in total. The molecule has 0 atom stereocenters. The number of ether oxygens (including phenoxy) is 1. The summed E-state index contributed by atoms with van der Waals surface area (Å²) in [4.78, 5) is 30.4. The van der Waals surface area contributed by atoms with Gasteiger partial charge in [0, 0.05) is 28.9 Å². The molecule has 0 aliphatic heterocycles. The van der Waals surface area contributed by atoms with Gasteiger partial charge in [0.1, 0.15) is 18.0 Å². The number of aryl methyl sites for hydroxylation is 3. The van der Waals surface area contributed by atoms with Gasteiger partial charge in [-0.25, -0.2) is 4.98 Å². The zero-order valence-electron chi connectivity index (χ0n) is 18.8. The predicted molar refractivity (Wildman–Crippen MR) is 132 cm³/mol. The van der Waals surface area contributed by atoms with Crippen LogP contribution in [0.2, 0.25) is 0 Å². The van der Waals surface area contributed by atoms with Crippen LogP contribution in [0.25, 0.3) is 5.65 Å². The Hall–Kier alpha value is -3.58. The van der Waals surface area contributed by atoms with Crippen molar-refractivity contribution in [3.8, 4) is 5.75 Å². The molecule has 0 aliphatic rings. The second-order valence-corrected chi connectivity index (χ2v) is 8.94. The van der Waals surface area contributed by atoms with Gasteiger partial charge in [-0.1, -0.05) is 29.8 Å². The van der Waals surface area contributed by atoms with Crippen LogP contribution in [0.1, 0.15) is 22.4 Å². The number of thioether (sulfide) groups is 1. The number of pyridine rings is 1. The SMILES string of the molecule is Cc1ccc(SCC(=O)Nc2ccc(C)c(OCc3cc(=O)n4cccc(C)c4n3)c2)cc1. The maximum atomic E-state index is 12.4. The number of carbonyl (C=O) groups is 1. The summed E-state index contributed by atoms with van der Waals surface area (Å²) in [5.74, 6) is 0.859. The van der Waals surface area contributed by atoms with E-state index in [0.29, 0.717) is 28.5 Å². The maximum Gasteiger partial charge on any atom is 0.258 e. The zero-order chi connectivity index (χ0) is 23.4. The predicted octanol–water partition coefficient (Wildman–Crippen LogP) is 4.93. The summed E-state index contributed by atoms with van der Waals surface area (Å²) in [6.45, 7) is 6.04. The molecule has 0 saturated heterocycles. The van der Waals surface area contributed by atoms with E-state index in [0.717, 1.165) is 16.0 Å². The number of benzene rings is 2. The molecular formula is C26H25N3O3S. The Labute approximate surface area is 196 Å². The number of hydrogen-bond donors (Lipinski definition) is 1. The lowest BCUT2D eigenvalue weighted by atomic mass is 10.2. The van der Waals surface area contributed by atoms with E-state index in [9.17, 15) is 9.59 Å². The summed E-state index contributed by atoms with van der Waals surface area (Å²) in [6.07, 6.45) is 1.70. The third-order valence-electron chi connectivity index (χ3n) is 5.18. The first-order valence-electron chi connectivity index (χ1n) is 10.6. The van der Waals surface area contributed by atoms with Crippen molar-refractivity contribution in [3.05, 3.63) is 99.6 Å². The Morgan fingerprint density at radius 1 is 1.03 bits per heavy atom. The van der Waals surface area contributed by atoms with Crippen molar-refractivity contribution in [2.75, 3.05) is 11.1 Å². The van der Waals surface area contributed by atoms with Crippen molar-refractivity contribution in [1.29, 1.82) is 0 Å². The van der Waals surface area contributed by atoms with E-state index in [1.54, 1.807) is 12.3 Å². The molecular weight excluding hydrogens is 434 g/mol. The van der Waals surface area contributed by atoms with Gasteiger partial charge in [0.25, 0.3) is 5.56 Å². The Morgan fingerprint density at radius 2 is 1.82 bits per heavy atom. The van der Waals surface area contributed by atoms with E-state index in [2.05, 4.69) is 10.3 Å². The van der Waals surface area contributed by atoms with E-state index >= 15 is 0 Å². The number of aromatic nitrogens is 2. The third-order valence-corrected chi connectivity index (χ3v) is 6.19. The van der Waals surface area contributed by atoms with Crippen LogP contribution in [0.5, 0.6) is 5.75 Å². The summed E-state index contributed by atoms with van der Waals surface area (Å²) in [5, 5.41) is 2.92. The first-order chi connectivity index (χ1) is 15.9. The summed E-state index contributed by atoms with van der Waals surface area (Å²) in [6, 6.07) is 18.8. The standard InChI is InChI=1S/C26H25N3O3S/c1-17-6-10-22(11-7-17)33-16-24(30)27-20-9-8-18(2)23(13-20)32-15-21-14-25(31)29-12-4-5-19(3)26(29)28-21/h4-14H,15-16H2,1-3H3,(H,27,30). The second-order valence-electron chi connectivity index (χ2n) is 7.89. The molecule has 4 aromatic rings. The van der Waals surface area contributed by atoms with Crippen LogP contribution in [0.15, 0.2) is 76.6 Å².